The van der Waals surface area contributed by atoms with Gasteiger partial charge in [-0.05, 0) is 5.92 Å². The maximum absolute atomic E-state index is 11.9. The Labute approximate surface area is 113 Å². The molecule has 2 N–H and O–H groups in total. The molecule has 0 aliphatic carbocycles. The van der Waals surface area contributed by atoms with Gasteiger partial charge in [-0.2, -0.15) is 0 Å². The van der Waals surface area contributed by atoms with E-state index in [0.717, 1.165) is 0 Å². The van der Waals surface area contributed by atoms with Crippen molar-refractivity contribution in [3.05, 3.63) is 26.7 Å². The second-order valence-corrected chi connectivity index (χ2v) is 5.09. The molecule has 8 nitrogen and oxygen atoms in total. The summed E-state index contributed by atoms with van der Waals surface area (Å²) in [6, 6.07) is 0. The van der Waals surface area contributed by atoms with E-state index in [4.69, 9.17) is 5.11 Å². The van der Waals surface area contributed by atoms with Crippen molar-refractivity contribution < 1.29 is 9.90 Å². The van der Waals surface area contributed by atoms with Crippen molar-refractivity contribution >= 4 is 17.1 Å². The fourth-order valence-corrected chi connectivity index (χ4v) is 2.12. The first-order chi connectivity index (χ1) is 9.31. The number of nitrogens with one attached hydrogen (secondary N) is 1. The lowest BCUT2D eigenvalue weighted by molar-refractivity contribution is -0.136. The molecule has 2 rings (SSSR count). The monoisotopic (exact) mass is 280 g/mol. The van der Waals surface area contributed by atoms with Gasteiger partial charge >= 0.3 is 11.7 Å². The number of aromatic amines is 1. The maximum atomic E-state index is 11.9. The van der Waals surface area contributed by atoms with E-state index in [9.17, 15) is 14.4 Å². The molecule has 0 saturated heterocycles. The number of carbonyl (C=O) groups is 1. The molecular formula is C12H16N4O4. The van der Waals surface area contributed by atoms with Crippen LogP contribution >= 0.6 is 0 Å². The van der Waals surface area contributed by atoms with Crippen molar-refractivity contribution in [1.29, 1.82) is 0 Å². The number of aliphatic carboxylic acids is 1. The second-order valence-electron chi connectivity index (χ2n) is 5.09. The topological polar surface area (TPSA) is 110 Å². The van der Waals surface area contributed by atoms with Gasteiger partial charge in [-0.15, -0.1) is 0 Å². The van der Waals surface area contributed by atoms with Gasteiger partial charge in [-0.1, -0.05) is 13.8 Å². The molecule has 0 bridgehead atoms. The van der Waals surface area contributed by atoms with Gasteiger partial charge < -0.3 is 9.67 Å². The Morgan fingerprint density at radius 1 is 1.40 bits per heavy atom. The summed E-state index contributed by atoms with van der Waals surface area (Å²) in [4.78, 5) is 40.9. The highest BCUT2D eigenvalue weighted by molar-refractivity contribution is 5.74. The van der Waals surface area contributed by atoms with Crippen LogP contribution in [0, 0.1) is 5.92 Å². The Balaban J connectivity index is 2.78. The summed E-state index contributed by atoms with van der Waals surface area (Å²) >= 11 is 0. The van der Waals surface area contributed by atoms with E-state index < -0.39 is 17.2 Å². The van der Waals surface area contributed by atoms with Crippen LogP contribution < -0.4 is 11.2 Å². The van der Waals surface area contributed by atoms with E-state index in [0.29, 0.717) is 6.54 Å². The summed E-state index contributed by atoms with van der Waals surface area (Å²) in [5.74, 6) is -0.620. The molecule has 0 radical (unpaired) electrons. The molecule has 8 heteroatoms. The lowest BCUT2D eigenvalue weighted by atomic mass is 10.2. The van der Waals surface area contributed by atoms with Crippen molar-refractivity contribution in [2.45, 2.75) is 26.8 Å². The van der Waals surface area contributed by atoms with Gasteiger partial charge in [0.2, 0.25) is 0 Å². The van der Waals surface area contributed by atoms with Crippen molar-refractivity contribution in [1.82, 2.24) is 19.1 Å². The number of rotatable bonds is 4. The zero-order valence-corrected chi connectivity index (χ0v) is 11.5. The number of imidazole rings is 1. The fraction of sp³-hybridized carbons (Fsp3) is 0.500. The van der Waals surface area contributed by atoms with Gasteiger partial charge in [0.1, 0.15) is 12.2 Å². The molecule has 0 unspecified atom stereocenters. The van der Waals surface area contributed by atoms with Crippen molar-refractivity contribution in [2.24, 2.45) is 13.0 Å². The van der Waals surface area contributed by atoms with Gasteiger partial charge in [0, 0.05) is 13.6 Å². The predicted octanol–water partition coefficient (Wildman–Crippen LogP) is -0.294. The zero-order chi connectivity index (χ0) is 15.0. The number of carboxylic acid groups (broad SMARTS) is 1. The van der Waals surface area contributed by atoms with E-state index in [-0.39, 0.29) is 29.3 Å². The molecule has 2 aromatic rings. The molecule has 2 aromatic heterocycles. The van der Waals surface area contributed by atoms with E-state index in [1.165, 1.54) is 9.13 Å². The molecule has 0 aliphatic heterocycles. The molecule has 2 heterocycles. The summed E-state index contributed by atoms with van der Waals surface area (Å²) in [5, 5.41) is 8.85. The Bertz CT molecular complexity index is 781. The van der Waals surface area contributed by atoms with E-state index in [1.807, 2.05) is 13.8 Å². The maximum Gasteiger partial charge on any atom is 0.330 e. The fourth-order valence-electron chi connectivity index (χ4n) is 2.12. The molecule has 0 fully saturated rings. The minimum atomic E-state index is -1.04. The molecule has 20 heavy (non-hydrogen) atoms. The van der Waals surface area contributed by atoms with Gasteiger partial charge in [-0.25, -0.2) is 9.78 Å². The van der Waals surface area contributed by atoms with Crippen LogP contribution in [0.1, 0.15) is 19.7 Å². The van der Waals surface area contributed by atoms with Crippen LogP contribution in [-0.2, 0) is 24.8 Å². The van der Waals surface area contributed by atoms with Crippen LogP contribution in [0.5, 0.6) is 0 Å². The van der Waals surface area contributed by atoms with Crippen molar-refractivity contribution in [3.63, 3.8) is 0 Å². The summed E-state index contributed by atoms with van der Waals surface area (Å²) < 4.78 is 2.78. The van der Waals surface area contributed by atoms with Crippen LogP contribution in [0.2, 0.25) is 0 Å². The number of H-pyrrole nitrogens is 1. The molecule has 0 spiro atoms. The molecule has 0 aliphatic rings. The lowest BCUT2D eigenvalue weighted by Crippen LogP contribution is -2.32. The highest BCUT2D eigenvalue weighted by Crippen LogP contribution is 2.11. The second kappa shape index (κ2) is 4.95. The average molecular weight is 280 g/mol. The van der Waals surface area contributed by atoms with Gasteiger partial charge in [0.25, 0.3) is 5.56 Å². The number of aromatic nitrogens is 4. The molecule has 108 valence electrons. The zero-order valence-electron chi connectivity index (χ0n) is 11.5. The standard InChI is InChI=1S/C12H16N4O4/c1-6(2)5-16-10-9(11(19)14-12(16)20)15(3)7(13-10)4-8(17)18/h6H,4-5H2,1-3H3,(H,17,18)(H,14,19,20). The highest BCUT2D eigenvalue weighted by Gasteiger charge is 2.18. The van der Waals surface area contributed by atoms with Crippen LogP contribution in [-0.4, -0.2) is 30.2 Å². The molecule has 0 aromatic carbocycles. The van der Waals surface area contributed by atoms with Gasteiger partial charge in [-0.3, -0.25) is 19.1 Å². The molecule has 0 atom stereocenters. The molecule has 0 saturated carbocycles. The summed E-state index contributed by atoms with van der Waals surface area (Å²) in [7, 11) is 1.56. The number of fused-ring (bicyclic) bond motifs is 1. The van der Waals surface area contributed by atoms with Gasteiger partial charge in [0.15, 0.2) is 11.2 Å². The summed E-state index contributed by atoms with van der Waals surface area (Å²) in [6.45, 7) is 4.27. The Morgan fingerprint density at radius 2 is 2.05 bits per heavy atom. The minimum absolute atomic E-state index is 0.187. The highest BCUT2D eigenvalue weighted by atomic mass is 16.4. The third kappa shape index (κ3) is 2.36. The van der Waals surface area contributed by atoms with E-state index in [2.05, 4.69) is 9.97 Å². The summed E-state index contributed by atoms with van der Waals surface area (Å²) in [6.07, 6.45) is -0.305. The van der Waals surface area contributed by atoms with Crippen LogP contribution in [0.3, 0.4) is 0 Å². The number of hydrogen-bond donors (Lipinski definition) is 2. The van der Waals surface area contributed by atoms with E-state index >= 15 is 0 Å². The smallest absolute Gasteiger partial charge is 0.330 e. The quantitative estimate of drug-likeness (QED) is 0.799. The SMILES string of the molecule is CC(C)Cn1c(=O)[nH]c(=O)c2c1nc(CC(=O)O)n2C. The van der Waals surface area contributed by atoms with Gasteiger partial charge in [0.05, 0.1) is 0 Å². The van der Waals surface area contributed by atoms with Crippen LogP contribution in [0.15, 0.2) is 9.59 Å². The summed E-state index contributed by atoms with van der Waals surface area (Å²) in [5.41, 5.74) is -0.652. The number of hydrogen-bond acceptors (Lipinski definition) is 4. The van der Waals surface area contributed by atoms with Crippen molar-refractivity contribution in [3.8, 4) is 0 Å². The molecular weight excluding hydrogens is 264 g/mol. The van der Waals surface area contributed by atoms with E-state index in [1.54, 1.807) is 7.05 Å². The minimum Gasteiger partial charge on any atom is -0.481 e. The Kier molecular flexibility index (Phi) is 3.47. The predicted molar refractivity (Wildman–Crippen MR) is 71.8 cm³/mol. The third-order valence-corrected chi connectivity index (χ3v) is 2.96. The number of carboxylic acids is 1. The van der Waals surface area contributed by atoms with Crippen molar-refractivity contribution in [2.75, 3.05) is 0 Å². The third-order valence-electron chi connectivity index (χ3n) is 2.96. The first-order valence-corrected chi connectivity index (χ1v) is 6.21. The van der Waals surface area contributed by atoms with Crippen LogP contribution in [0.4, 0.5) is 0 Å². The number of nitrogens with zero attached hydrogens (tertiary/aromatic N) is 3. The first kappa shape index (κ1) is 14.0. The van der Waals surface area contributed by atoms with Crippen LogP contribution in [0.25, 0.3) is 11.2 Å². The molecule has 0 amide bonds. The average Bonchev–Trinajstić information content (AvgIpc) is 2.61. The Morgan fingerprint density at radius 3 is 2.60 bits per heavy atom. The lowest BCUT2D eigenvalue weighted by Gasteiger charge is -2.08. The number of aryl methyl sites for hydroxylation is 1. The normalized spacial score (nSPS) is 11.4. The largest absolute Gasteiger partial charge is 0.481 e. The first-order valence-electron chi connectivity index (χ1n) is 6.21. The Hall–Kier alpha value is -2.38.